The molecule has 2 amide bonds. The number of urea groups is 1. The van der Waals surface area contributed by atoms with Crippen LogP contribution >= 0.6 is 23.5 Å². The molecule has 0 saturated carbocycles. The lowest BCUT2D eigenvalue weighted by atomic mass is 10.3. The van der Waals surface area contributed by atoms with E-state index in [2.05, 4.69) is 48.8 Å². The molecule has 0 radical (unpaired) electrons. The van der Waals surface area contributed by atoms with Gasteiger partial charge in [-0.05, 0) is 36.6 Å². The van der Waals surface area contributed by atoms with E-state index in [0.29, 0.717) is 18.8 Å². The third-order valence-corrected chi connectivity index (χ3v) is 6.08. The number of rotatable bonds is 7. The van der Waals surface area contributed by atoms with Gasteiger partial charge in [-0.1, -0.05) is 17.8 Å². The molecule has 29 heavy (non-hydrogen) atoms. The zero-order valence-corrected chi connectivity index (χ0v) is 17.6. The van der Waals surface area contributed by atoms with E-state index >= 15 is 0 Å². The Kier molecular flexibility index (Phi) is 6.26. The number of carbonyl (C=O) groups is 1. The predicted molar refractivity (Wildman–Crippen MR) is 119 cm³/mol. The second kappa shape index (κ2) is 9.23. The molecule has 4 rings (SSSR count). The summed E-state index contributed by atoms with van der Waals surface area (Å²) < 4.78 is 2.16. The van der Waals surface area contributed by atoms with Crippen molar-refractivity contribution in [1.82, 2.24) is 19.9 Å². The molecule has 0 aliphatic carbocycles. The molecule has 7 nitrogen and oxygen atoms in total. The van der Waals surface area contributed by atoms with Gasteiger partial charge in [0.25, 0.3) is 0 Å². The van der Waals surface area contributed by atoms with Gasteiger partial charge in [-0.3, -0.25) is 5.32 Å². The Morgan fingerprint density at radius 2 is 2.21 bits per heavy atom. The van der Waals surface area contributed by atoms with Crippen molar-refractivity contribution in [3.63, 3.8) is 0 Å². The summed E-state index contributed by atoms with van der Waals surface area (Å²) >= 11 is 3.47. The lowest BCUT2D eigenvalue weighted by Gasteiger charge is -2.09. The summed E-state index contributed by atoms with van der Waals surface area (Å²) in [5.74, 6) is 1.60. The SMILES string of the molecule is CSc1cccc(Nc2ccc(NC(=O)NCCc3cn4c(n3)SCC4)nc2)c1. The number of pyridine rings is 1. The van der Waals surface area contributed by atoms with Gasteiger partial charge in [0.15, 0.2) is 5.16 Å². The van der Waals surface area contributed by atoms with Crippen molar-refractivity contribution in [3.8, 4) is 0 Å². The van der Waals surface area contributed by atoms with E-state index in [1.807, 2.05) is 24.5 Å². The maximum absolute atomic E-state index is 12.1. The largest absolute Gasteiger partial charge is 0.354 e. The average Bonchev–Trinajstić information content (AvgIpc) is 3.31. The maximum Gasteiger partial charge on any atom is 0.320 e. The van der Waals surface area contributed by atoms with Gasteiger partial charge in [-0.2, -0.15) is 0 Å². The van der Waals surface area contributed by atoms with Gasteiger partial charge in [0.05, 0.1) is 17.6 Å². The predicted octanol–water partition coefficient (Wildman–Crippen LogP) is 4.21. The minimum atomic E-state index is -0.271. The standard InChI is InChI=1S/C20H22N6OS2/c1-28-17-4-2-3-14(11-17)23-15-5-6-18(22-12-15)25-19(27)21-8-7-16-13-26-9-10-29-20(26)24-16/h2-6,11-13,23H,7-10H2,1H3,(H2,21,22,25,27). The number of fused-ring (bicyclic) bond motifs is 1. The van der Waals surface area contributed by atoms with Crippen LogP contribution in [-0.2, 0) is 13.0 Å². The van der Waals surface area contributed by atoms with Crippen molar-refractivity contribution in [2.24, 2.45) is 0 Å². The summed E-state index contributed by atoms with van der Waals surface area (Å²) in [6, 6.07) is 11.6. The van der Waals surface area contributed by atoms with Crippen molar-refractivity contribution in [2.45, 2.75) is 23.0 Å². The van der Waals surface area contributed by atoms with E-state index in [1.54, 1.807) is 35.8 Å². The van der Waals surface area contributed by atoms with Crippen LogP contribution in [0.25, 0.3) is 0 Å². The van der Waals surface area contributed by atoms with Gasteiger partial charge in [-0.15, -0.1) is 11.8 Å². The highest BCUT2D eigenvalue weighted by Gasteiger charge is 2.14. The number of imidazole rings is 1. The van der Waals surface area contributed by atoms with Crippen LogP contribution in [0.5, 0.6) is 0 Å². The molecule has 0 spiro atoms. The van der Waals surface area contributed by atoms with Crippen LogP contribution in [0.1, 0.15) is 5.69 Å². The highest BCUT2D eigenvalue weighted by molar-refractivity contribution is 7.99. The van der Waals surface area contributed by atoms with Gasteiger partial charge >= 0.3 is 6.03 Å². The first-order valence-electron chi connectivity index (χ1n) is 9.30. The normalized spacial score (nSPS) is 12.4. The minimum absolute atomic E-state index is 0.271. The number of thioether (sulfide) groups is 2. The average molecular weight is 427 g/mol. The van der Waals surface area contributed by atoms with Crippen molar-refractivity contribution in [1.29, 1.82) is 0 Å². The van der Waals surface area contributed by atoms with Crippen LogP contribution < -0.4 is 16.0 Å². The summed E-state index contributed by atoms with van der Waals surface area (Å²) in [7, 11) is 0. The topological polar surface area (TPSA) is 83.9 Å². The summed E-state index contributed by atoms with van der Waals surface area (Å²) in [6.45, 7) is 1.54. The second-order valence-corrected chi connectivity index (χ2v) is 8.42. The molecule has 150 valence electrons. The third-order valence-electron chi connectivity index (χ3n) is 4.38. The number of hydrogen-bond acceptors (Lipinski definition) is 6. The first kappa shape index (κ1) is 19.7. The molecule has 0 bridgehead atoms. The number of aryl methyl sites for hydroxylation is 1. The first-order valence-corrected chi connectivity index (χ1v) is 11.5. The van der Waals surface area contributed by atoms with Crippen LogP contribution in [0, 0.1) is 0 Å². The fourth-order valence-corrected chi connectivity index (χ4v) is 4.38. The number of nitrogens with one attached hydrogen (secondary N) is 3. The number of aromatic nitrogens is 3. The summed E-state index contributed by atoms with van der Waals surface area (Å²) in [5, 5.41) is 9.99. The number of hydrogen-bond donors (Lipinski definition) is 3. The quantitative estimate of drug-likeness (QED) is 0.491. The van der Waals surface area contributed by atoms with Gasteiger partial charge in [-0.25, -0.2) is 14.8 Å². The molecule has 1 aliphatic rings. The van der Waals surface area contributed by atoms with E-state index in [-0.39, 0.29) is 6.03 Å². The van der Waals surface area contributed by atoms with Crippen molar-refractivity contribution >= 4 is 46.7 Å². The Bertz CT molecular complexity index is 967. The summed E-state index contributed by atoms with van der Waals surface area (Å²) in [4.78, 5) is 22.1. The number of carbonyl (C=O) groups excluding carboxylic acids is 1. The second-order valence-electron chi connectivity index (χ2n) is 6.48. The number of anilines is 3. The highest BCUT2D eigenvalue weighted by atomic mass is 32.2. The Morgan fingerprint density at radius 3 is 3.00 bits per heavy atom. The summed E-state index contributed by atoms with van der Waals surface area (Å²) in [5.41, 5.74) is 2.87. The zero-order valence-electron chi connectivity index (χ0n) is 16.0. The van der Waals surface area contributed by atoms with Gasteiger partial charge in [0.2, 0.25) is 0 Å². The smallest absolute Gasteiger partial charge is 0.320 e. The Balaban J connectivity index is 1.24. The zero-order chi connectivity index (χ0) is 20.1. The molecule has 9 heteroatoms. The fraction of sp³-hybridized carbons (Fsp3) is 0.250. The van der Waals surface area contributed by atoms with Crippen LogP contribution in [0.4, 0.5) is 22.0 Å². The maximum atomic E-state index is 12.1. The molecule has 0 unspecified atom stereocenters. The molecule has 3 N–H and O–H groups in total. The van der Waals surface area contributed by atoms with Gasteiger partial charge in [0.1, 0.15) is 5.82 Å². The van der Waals surface area contributed by atoms with Gasteiger partial charge < -0.3 is 15.2 Å². The molecule has 3 aromatic rings. The van der Waals surface area contributed by atoms with Crippen molar-refractivity contribution in [2.75, 3.05) is 29.2 Å². The number of benzene rings is 1. The van der Waals surface area contributed by atoms with Crippen LogP contribution in [0.2, 0.25) is 0 Å². The molecule has 1 aromatic carbocycles. The molecule has 3 heterocycles. The Morgan fingerprint density at radius 1 is 1.28 bits per heavy atom. The van der Waals surface area contributed by atoms with E-state index < -0.39 is 0 Å². The molecule has 0 atom stereocenters. The van der Waals surface area contributed by atoms with E-state index in [0.717, 1.165) is 34.5 Å². The molecular weight excluding hydrogens is 404 g/mol. The number of amides is 2. The summed E-state index contributed by atoms with van der Waals surface area (Å²) in [6.07, 6.45) is 6.52. The lowest BCUT2D eigenvalue weighted by Crippen LogP contribution is -2.30. The van der Waals surface area contributed by atoms with Gasteiger partial charge in [0, 0.05) is 42.0 Å². The Hall–Kier alpha value is -2.65. The molecule has 1 aliphatic heterocycles. The van der Waals surface area contributed by atoms with Crippen LogP contribution in [0.15, 0.2) is 58.8 Å². The van der Waals surface area contributed by atoms with Crippen molar-refractivity contribution < 1.29 is 4.79 Å². The lowest BCUT2D eigenvalue weighted by molar-refractivity contribution is 0.252. The van der Waals surface area contributed by atoms with Crippen molar-refractivity contribution in [3.05, 3.63) is 54.5 Å². The molecule has 0 fully saturated rings. The number of nitrogens with zero attached hydrogens (tertiary/aromatic N) is 3. The van der Waals surface area contributed by atoms with E-state index in [1.165, 1.54) is 4.90 Å². The Labute approximate surface area is 178 Å². The van der Waals surface area contributed by atoms with E-state index in [9.17, 15) is 4.79 Å². The molecule has 2 aromatic heterocycles. The monoisotopic (exact) mass is 426 g/mol. The minimum Gasteiger partial charge on any atom is -0.354 e. The third kappa shape index (κ3) is 5.24. The first-order chi connectivity index (χ1) is 14.2. The van der Waals surface area contributed by atoms with Crippen LogP contribution in [0.3, 0.4) is 0 Å². The molecular formula is C20H22N6OS2. The molecule has 0 saturated heterocycles. The van der Waals surface area contributed by atoms with E-state index in [4.69, 9.17) is 0 Å². The van der Waals surface area contributed by atoms with Crippen LogP contribution in [-0.4, -0.2) is 39.1 Å². The fourth-order valence-electron chi connectivity index (χ4n) is 2.96. The highest BCUT2D eigenvalue weighted by Crippen LogP contribution is 2.24.